The van der Waals surface area contributed by atoms with Crippen LogP contribution in [0, 0.1) is 11.7 Å². The van der Waals surface area contributed by atoms with Crippen LogP contribution in [0.3, 0.4) is 0 Å². The van der Waals surface area contributed by atoms with Gasteiger partial charge in [-0.2, -0.15) is 0 Å². The Kier molecular flexibility index (Phi) is 8.52. The first-order chi connectivity index (χ1) is 9.61. The molecular weight excluding hydrogens is 249 g/mol. The number of hydrogen-bond donors (Lipinski definition) is 1. The van der Waals surface area contributed by atoms with Gasteiger partial charge in [-0.15, -0.1) is 0 Å². The van der Waals surface area contributed by atoms with Crippen LogP contribution in [-0.4, -0.2) is 12.6 Å². The summed E-state index contributed by atoms with van der Waals surface area (Å²) < 4.78 is 13.3. The Morgan fingerprint density at radius 1 is 1.15 bits per heavy atom. The van der Waals surface area contributed by atoms with E-state index >= 15 is 0 Å². The highest BCUT2D eigenvalue weighted by Crippen LogP contribution is 2.17. The Morgan fingerprint density at radius 2 is 1.95 bits per heavy atom. The molecule has 20 heavy (non-hydrogen) atoms. The van der Waals surface area contributed by atoms with E-state index in [1.165, 1.54) is 38.2 Å². The first-order valence-electron chi connectivity index (χ1n) is 8.09. The van der Waals surface area contributed by atoms with Gasteiger partial charge in [-0.3, -0.25) is 0 Å². The van der Waals surface area contributed by atoms with Crippen molar-refractivity contribution in [1.82, 2.24) is 5.32 Å². The minimum Gasteiger partial charge on any atom is -0.314 e. The zero-order valence-electron chi connectivity index (χ0n) is 13.3. The molecule has 0 aliphatic carbocycles. The SMILES string of the molecule is CCCCCCC(CNC(C)C)Cc1cccc(F)c1. The third kappa shape index (κ3) is 7.64. The lowest BCUT2D eigenvalue weighted by Crippen LogP contribution is -2.30. The summed E-state index contributed by atoms with van der Waals surface area (Å²) >= 11 is 0. The summed E-state index contributed by atoms with van der Waals surface area (Å²) in [6.45, 7) is 7.62. The molecule has 0 aliphatic rings. The van der Waals surface area contributed by atoms with Gasteiger partial charge in [0.15, 0.2) is 0 Å². The molecule has 1 atom stereocenters. The van der Waals surface area contributed by atoms with Crippen LogP contribution in [0.1, 0.15) is 58.4 Å². The second-order valence-electron chi connectivity index (χ2n) is 6.11. The number of rotatable bonds is 10. The molecule has 0 aliphatic heterocycles. The van der Waals surface area contributed by atoms with Crippen molar-refractivity contribution >= 4 is 0 Å². The molecule has 1 aromatic rings. The van der Waals surface area contributed by atoms with Crippen LogP contribution in [0.2, 0.25) is 0 Å². The van der Waals surface area contributed by atoms with Gasteiger partial charge in [0.25, 0.3) is 0 Å². The summed E-state index contributed by atoms with van der Waals surface area (Å²) in [6.07, 6.45) is 7.41. The predicted molar refractivity (Wildman–Crippen MR) is 85.5 cm³/mol. The van der Waals surface area contributed by atoms with Crippen molar-refractivity contribution in [3.05, 3.63) is 35.6 Å². The van der Waals surface area contributed by atoms with E-state index in [1.807, 2.05) is 12.1 Å². The van der Waals surface area contributed by atoms with Gasteiger partial charge in [-0.1, -0.05) is 58.6 Å². The van der Waals surface area contributed by atoms with Crippen LogP contribution in [0.5, 0.6) is 0 Å². The minimum atomic E-state index is -0.121. The fourth-order valence-electron chi connectivity index (χ4n) is 2.54. The molecule has 0 saturated heterocycles. The first kappa shape index (κ1) is 17.2. The van der Waals surface area contributed by atoms with Crippen LogP contribution < -0.4 is 5.32 Å². The molecule has 1 aromatic carbocycles. The highest BCUT2D eigenvalue weighted by molar-refractivity contribution is 5.16. The van der Waals surface area contributed by atoms with Crippen molar-refractivity contribution in [3.63, 3.8) is 0 Å². The Bertz CT molecular complexity index is 362. The molecule has 0 heterocycles. The van der Waals surface area contributed by atoms with E-state index in [4.69, 9.17) is 0 Å². The summed E-state index contributed by atoms with van der Waals surface area (Å²) in [5.41, 5.74) is 1.12. The predicted octanol–water partition coefficient (Wildman–Crippen LogP) is 4.95. The van der Waals surface area contributed by atoms with Gasteiger partial charge in [0.05, 0.1) is 0 Å². The summed E-state index contributed by atoms with van der Waals surface area (Å²) in [4.78, 5) is 0. The standard InChI is InChI=1S/C18H30FN/c1-4-5-6-7-9-17(14-20-15(2)3)12-16-10-8-11-18(19)13-16/h8,10-11,13,15,17,20H,4-7,9,12,14H2,1-3H3. The minimum absolute atomic E-state index is 0.121. The maximum absolute atomic E-state index is 13.3. The molecule has 0 radical (unpaired) electrons. The van der Waals surface area contributed by atoms with Crippen molar-refractivity contribution in [2.24, 2.45) is 5.92 Å². The van der Waals surface area contributed by atoms with Gasteiger partial charge < -0.3 is 5.32 Å². The lowest BCUT2D eigenvalue weighted by molar-refractivity contribution is 0.404. The van der Waals surface area contributed by atoms with E-state index < -0.39 is 0 Å². The maximum atomic E-state index is 13.3. The molecule has 1 N–H and O–H groups in total. The molecule has 0 amide bonds. The van der Waals surface area contributed by atoms with E-state index in [0.29, 0.717) is 12.0 Å². The smallest absolute Gasteiger partial charge is 0.123 e. The zero-order valence-corrected chi connectivity index (χ0v) is 13.3. The van der Waals surface area contributed by atoms with E-state index in [2.05, 4.69) is 26.1 Å². The average molecular weight is 279 g/mol. The summed E-state index contributed by atoms with van der Waals surface area (Å²) in [7, 11) is 0. The monoisotopic (exact) mass is 279 g/mol. The Morgan fingerprint density at radius 3 is 2.60 bits per heavy atom. The summed E-state index contributed by atoms with van der Waals surface area (Å²) in [5, 5.41) is 3.53. The van der Waals surface area contributed by atoms with Gasteiger partial charge in [0.2, 0.25) is 0 Å². The Balaban J connectivity index is 2.47. The molecule has 0 bridgehead atoms. The van der Waals surface area contributed by atoms with Crippen molar-refractivity contribution in [1.29, 1.82) is 0 Å². The van der Waals surface area contributed by atoms with E-state index in [0.717, 1.165) is 18.5 Å². The highest BCUT2D eigenvalue weighted by atomic mass is 19.1. The molecule has 2 heteroatoms. The molecule has 0 aromatic heterocycles. The molecule has 1 nitrogen and oxygen atoms in total. The van der Waals surface area contributed by atoms with Gasteiger partial charge >= 0.3 is 0 Å². The van der Waals surface area contributed by atoms with Gasteiger partial charge in [-0.25, -0.2) is 4.39 Å². The van der Waals surface area contributed by atoms with Crippen LogP contribution >= 0.6 is 0 Å². The zero-order chi connectivity index (χ0) is 14.8. The van der Waals surface area contributed by atoms with Crippen LogP contribution in [-0.2, 0) is 6.42 Å². The first-order valence-corrected chi connectivity index (χ1v) is 8.09. The van der Waals surface area contributed by atoms with Gasteiger partial charge in [-0.05, 0) is 43.0 Å². The number of unbranched alkanes of at least 4 members (excludes halogenated alkanes) is 3. The Labute approximate surface area is 124 Å². The number of halogens is 1. The molecule has 1 rings (SSSR count). The quantitative estimate of drug-likeness (QED) is 0.597. The second-order valence-corrected chi connectivity index (χ2v) is 6.11. The van der Waals surface area contributed by atoms with Crippen LogP contribution in [0.25, 0.3) is 0 Å². The molecular formula is C18H30FN. The van der Waals surface area contributed by atoms with Crippen molar-refractivity contribution in [3.8, 4) is 0 Å². The van der Waals surface area contributed by atoms with Gasteiger partial charge in [0, 0.05) is 6.04 Å². The fraction of sp³-hybridized carbons (Fsp3) is 0.667. The topological polar surface area (TPSA) is 12.0 Å². The largest absolute Gasteiger partial charge is 0.314 e. The van der Waals surface area contributed by atoms with E-state index in [-0.39, 0.29) is 5.82 Å². The second kappa shape index (κ2) is 9.93. The lowest BCUT2D eigenvalue weighted by Gasteiger charge is -2.19. The van der Waals surface area contributed by atoms with Crippen molar-refractivity contribution in [2.75, 3.05) is 6.54 Å². The van der Waals surface area contributed by atoms with E-state index in [9.17, 15) is 4.39 Å². The summed E-state index contributed by atoms with van der Waals surface area (Å²) in [6, 6.07) is 7.56. The fourth-order valence-corrected chi connectivity index (χ4v) is 2.54. The molecule has 1 unspecified atom stereocenters. The molecule has 0 spiro atoms. The van der Waals surface area contributed by atoms with E-state index in [1.54, 1.807) is 6.07 Å². The molecule has 114 valence electrons. The highest BCUT2D eigenvalue weighted by Gasteiger charge is 2.10. The van der Waals surface area contributed by atoms with Crippen molar-refractivity contribution < 1.29 is 4.39 Å². The Hall–Kier alpha value is -0.890. The number of benzene rings is 1. The average Bonchev–Trinajstić information content (AvgIpc) is 2.40. The molecule has 0 fully saturated rings. The molecule has 0 saturated carbocycles. The lowest BCUT2D eigenvalue weighted by atomic mass is 9.93. The van der Waals surface area contributed by atoms with Crippen LogP contribution in [0.4, 0.5) is 4.39 Å². The third-order valence-electron chi connectivity index (χ3n) is 3.69. The van der Waals surface area contributed by atoms with Crippen LogP contribution in [0.15, 0.2) is 24.3 Å². The third-order valence-corrected chi connectivity index (χ3v) is 3.69. The number of hydrogen-bond acceptors (Lipinski definition) is 1. The van der Waals surface area contributed by atoms with Crippen molar-refractivity contribution in [2.45, 2.75) is 65.3 Å². The number of nitrogens with one attached hydrogen (secondary N) is 1. The maximum Gasteiger partial charge on any atom is 0.123 e. The van der Waals surface area contributed by atoms with Gasteiger partial charge in [0.1, 0.15) is 5.82 Å². The normalized spacial score (nSPS) is 12.8. The summed E-state index contributed by atoms with van der Waals surface area (Å²) in [5.74, 6) is 0.486.